The van der Waals surface area contributed by atoms with E-state index in [9.17, 15) is 14.7 Å². The van der Waals surface area contributed by atoms with Crippen LogP contribution in [0, 0.1) is 22.7 Å². The normalized spacial score (nSPS) is 28.1. The number of carbonyl (C=O) groups excluding carboxylic acids is 1. The first-order chi connectivity index (χ1) is 23.0. The lowest BCUT2D eigenvalue weighted by atomic mass is 9.46. The number of fused-ring (bicyclic) bond motifs is 1. The van der Waals surface area contributed by atoms with Crippen LogP contribution < -0.4 is 9.64 Å². The van der Waals surface area contributed by atoms with Gasteiger partial charge in [0, 0.05) is 67.1 Å². The van der Waals surface area contributed by atoms with E-state index in [-0.39, 0.29) is 28.9 Å². The highest BCUT2D eigenvalue weighted by molar-refractivity contribution is 5.99. The number of carboxylic acid groups (broad SMARTS) is 1. The maximum absolute atomic E-state index is 13.4. The molecule has 2 unspecified atom stereocenters. The standard InChI is InChI=1S/C39H55N5O4/c1-25-8-11-31-32(44(25)36(45)26-9-10-26)13-12-30(34(31)48-29-6-5-7-29)27-23-40-43(24-27)28-14-18-41(19-15-28)33-22-39(35(33)38(2,3)4)16-20-42(21-17-39)37(46)47/h12-13,23-26,28-29,33,35H,5-11,14-22H2,1-4H3,(H,46,47)/t25-,33?,35?/m0/s1. The Morgan fingerprint density at radius 2 is 1.71 bits per heavy atom. The van der Waals surface area contributed by atoms with Gasteiger partial charge in [-0.25, -0.2) is 4.79 Å². The number of aromatic nitrogens is 2. The van der Waals surface area contributed by atoms with Gasteiger partial charge < -0.3 is 19.6 Å². The van der Waals surface area contributed by atoms with E-state index in [0.29, 0.717) is 37.0 Å². The molecular formula is C39H55N5O4. The van der Waals surface area contributed by atoms with Gasteiger partial charge in [-0.1, -0.05) is 20.8 Å². The summed E-state index contributed by atoms with van der Waals surface area (Å²) in [6, 6.07) is 5.52. The van der Waals surface area contributed by atoms with Crippen LogP contribution in [0.4, 0.5) is 10.5 Å². The zero-order valence-electron chi connectivity index (χ0n) is 29.5. The summed E-state index contributed by atoms with van der Waals surface area (Å²) in [6.07, 6.45) is 16.5. The van der Waals surface area contributed by atoms with Crippen molar-refractivity contribution >= 4 is 17.7 Å². The number of hydrogen-bond acceptors (Lipinski definition) is 5. The van der Waals surface area contributed by atoms with Crippen LogP contribution in [0.1, 0.15) is 110 Å². The molecule has 260 valence electrons. The summed E-state index contributed by atoms with van der Waals surface area (Å²) in [4.78, 5) is 31.4. The molecular weight excluding hydrogens is 602 g/mol. The van der Waals surface area contributed by atoms with Crippen LogP contribution in [-0.2, 0) is 11.2 Å². The van der Waals surface area contributed by atoms with E-state index in [0.717, 1.165) is 99.9 Å². The van der Waals surface area contributed by atoms with Gasteiger partial charge in [0.25, 0.3) is 0 Å². The highest BCUT2D eigenvalue weighted by atomic mass is 16.5. The SMILES string of the molecule is C[C@H]1CCc2c(ccc(-c3cnn(C4CCN(C5CC6(CCN(C(=O)O)CC6)C5C(C)(C)C)CC4)c3)c2OC2CCC2)N1C(=O)C1CC1. The third kappa shape index (κ3) is 5.62. The molecule has 6 aliphatic rings. The summed E-state index contributed by atoms with van der Waals surface area (Å²) < 4.78 is 8.98. The first kappa shape index (κ1) is 32.2. The van der Waals surface area contributed by atoms with Crippen molar-refractivity contribution in [2.75, 3.05) is 31.1 Å². The number of anilines is 1. The Kier molecular flexibility index (Phi) is 8.08. The molecule has 2 amide bonds. The molecule has 3 saturated carbocycles. The zero-order valence-corrected chi connectivity index (χ0v) is 29.5. The Balaban J connectivity index is 0.978. The van der Waals surface area contributed by atoms with Crippen LogP contribution in [-0.4, -0.2) is 81.1 Å². The van der Waals surface area contributed by atoms with E-state index >= 15 is 0 Å². The molecule has 3 atom stereocenters. The van der Waals surface area contributed by atoms with Gasteiger partial charge in [0.15, 0.2) is 0 Å². The Bertz CT molecular complexity index is 1540. The molecule has 3 aliphatic heterocycles. The zero-order chi connectivity index (χ0) is 33.4. The monoisotopic (exact) mass is 657 g/mol. The third-order valence-electron chi connectivity index (χ3n) is 13.1. The molecule has 8 rings (SSSR count). The first-order valence-electron chi connectivity index (χ1n) is 18.9. The molecule has 1 aromatic heterocycles. The van der Waals surface area contributed by atoms with Crippen molar-refractivity contribution in [3.63, 3.8) is 0 Å². The average molecular weight is 658 g/mol. The molecule has 2 aromatic rings. The van der Waals surface area contributed by atoms with E-state index < -0.39 is 6.09 Å². The van der Waals surface area contributed by atoms with E-state index in [1.807, 2.05) is 6.20 Å². The molecule has 5 fully saturated rings. The number of amides is 2. The number of piperidine rings is 2. The highest BCUT2D eigenvalue weighted by Crippen LogP contribution is 2.62. The van der Waals surface area contributed by atoms with Crippen LogP contribution in [0.3, 0.4) is 0 Å². The highest BCUT2D eigenvalue weighted by Gasteiger charge is 2.60. The van der Waals surface area contributed by atoms with Crippen molar-refractivity contribution in [3.8, 4) is 16.9 Å². The minimum atomic E-state index is -0.771. The Labute approximate surface area is 286 Å². The summed E-state index contributed by atoms with van der Waals surface area (Å²) in [5, 5.41) is 14.5. The van der Waals surface area contributed by atoms with Crippen LogP contribution >= 0.6 is 0 Å². The second-order valence-corrected chi connectivity index (χ2v) is 17.2. The van der Waals surface area contributed by atoms with Crippen LogP contribution in [0.5, 0.6) is 5.75 Å². The molecule has 48 heavy (non-hydrogen) atoms. The smallest absolute Gasteiger partial charge is 0.407 e. The van der Waals surface area contributed by atoms with Gasteiger partial charge in [0.1, 0.15) is 5.75 Å². The maximum atomic E-state index is 13.4. The number of nitrogens with zero attached hydrogens (tertiary/aromatic N) is 5. The van der Waals surface area contributed by atoms with Crippen LogP contribution in [0.2, 0.25) is 0 Å². The summed E-state index contributed by atoms with van der Waals surface area (Å²) in [7, 11) is 0. The van der Waals surface area contributed by atoms with Gasteiger partial charge in [-0.15, -0.1) is 0 Å². The fraction of sp³-hybridized carbons (Fsp3) is 0.718. The van der Waals surface area contributed by atoms with Crippen LogP contribution in [0.15, 0.2) is 24.5 Å². The summed E-state index contributed by atoms with van der Waals surface area (Å²) in [6.45, 7) is 12.9. The van der Waals surface area contributed by atoms with Gasteiger partial charge in [-0.05, 0) is 113 Å². The summed E-state index contributed by atoms with van der Waals surface area (Å²) >= 11 is 0. The average Bonchev–Trinajstić information content (AvgIpc) is 3.77. The van der Waals surface area contributed by atoms with E-state index in [1.165, 1.54) is 18.4 Å². The van der Waals surface area contributed by atoms with E-state index in [1.54, 1.807) is 4.90 Å². The Morgan fingerprint density at radius 1 is 0.979 bits per heavy atom. The minimum absolute atomic E-state index is 0.191. The van der Waals surface area contributed by atoms with Crippen molar-refractivity contribution < 1.29 is 19.4 Å². The Morgan fingerprint density at radius 3 is 2.33 bits per heavy atom. The topological polar surface area (TPSA) is 91.1 Å². The molecule has 1 N–H and O–H groups in total. The van der Waals surface area contributed by atoms with E-state index in [4.69, 9.17) is 9.84 Å². The van der Waals surface area contributed by atoms with Gasteiger partial charge in [-0.2, -0.15) is 5.10 Å². The van der Waals surface area contributed by atoms with Gasteiger partial charge in [-0.3, -0.25) is 14.4 Å². The predicted octanol–water partition coefficient (Wildman–Crippen LogP) is 7.39. The second-order valence-electron chi connectivity index (χ2n) is 17.2. The Hall–Kier alpha value is -3.07. The largest absolute Gasteiger partial charge is 0.489 e. The quantitative estimate of drug-likeness (QED) is 0.349. The number of carbonyl (C=O) groups is 2. The van der Waals surface area contributed by atoms with Crippen molar-refractivity contribution in [2.24, 2.45) is 22.7 Å². The second kappa shape index (κ2) is 12.1. The molecule has 0 bridgehead atoms. The number of rotatable bonds is 6. The molecule has 2 saturated heterocycles. The van der Waals surface area contributed by atoms with Crippen molar-refractivity contribution in [1.29, 1.82) is 0 Å². The van der Waals surface area contributed by atoms with Gasteiger partial charge in [0.05, 0.1) is 24.0 Å². The molecule has 9 nitrogen and oxygen atoms in total. The lowest BCUT2D eigenvalue weighted by Gasteiger charge is -2.65. The van der Waals surface area contributed by atoms with Gasteiger partial charge >= 0.3 is 6.09 Å². The number of hydrogen-bond donors (Lipinski definition) is 1. The molecule has 4 heterocycles. The fourth-order valence-electron chi connectivity index (χ4n) is 10.2. The first-order valence-corrected chi connectivity index (χ1v) is 18.9. The molecule has 1 spiro atoms. The summed E-state index contributed by atoms with van der Waals surface area (Å²) in [5.74, 6) is 2.05. The molecule has 0 radical (unpaired) electrons. The van der Waals surface area contributed by atoms with E-state index in [2.05, 4.69) is 60.5 Å². The molecule has 9 heteroatoms. The molecule has 1 aromatic carbocycles. The van der Waals surface area contributed by atoms with Gasteiger partial charge in [0.2, 0.25) is 5.91 Å². The minimum Gasteiger partial charge on any atom is -0.489 e. The fourth-order valence-corrected chi connectivity index (χ4v) is 10.2. The van der Waals surface area contributed by atoms with Crippen molar-refractivity contribution in [3.05, 3.63) is 30.1 Å². The lowest BCUT2D eigenvalue weighted by molar-refractivity contribution is -0.156. The maximum Gasteiger partial charge on any atom is 0.407 e. The van der Waals surface area contributed by atoms with Crippen LogP contribution in [0.25, 0.3) is 11.1 Å². The number of likely N-dealkylation sites (tertiary alicyclic amines) is 2. The molecule has 3 aliphatic carbocycles. The lowest BCUT2D eigenvalue weighted by Crippen LogP contribution is -2.66. The third-order valence-corrected chi connectivity index (χ3v) is 13.1. The predicted molar refractivity (Wildman–Crippen MR) is 186 cm³/mol. The van der Waals surface area contributed by atoms with Crippen molar-refractivity contribution in [1.82, 2.24) is 19.6 Å². The number of ether oxygens (including phenoxy) is 1. The summed E-state index contributed by atoms with van der Waals surface area (Å²) in [5.41, 5.74) is 4.94. The van der Waals surface area contributed by atoms with Crippen molar-refractivity contribution in [2.45, 2.75) is 129 Å². The number of benzene rings is 1.